The predicted octanol–water partition coefficient (Wildman–Crippen LogP) is 7.27. The first-order valence-electron chi connectivity index (χ1n) is 29.0. The molecular weight excluding hydrogens is 1140 g/mol. The van der Waals surface area contributed by atoms with Gasteiger partial charge in [-0.2, -0.15) is 0 Å². The number of aromatic nitrogens is 2. The third-order valence-electron chi connectivity index (χ3n) is 16.1. The molecule has 6 atom stereocenters. The summed E-state index contributed by atoms with van der Waals surface area (Å²) in [5, 5.41) is 9.65. The summed E-state index contributed by atoms with van der Waals surface area (Å²) in [5.41, 5.74) is 2.48. The number of nitrogens with one attached hydrogen (secondary N) is 5. The minimum absolute atomic E-state index is 0.0143. The smallest absolute Gasteiger partial charge is 0.245 e. The standard InChI is InChI=1S/C63H73F2N9O10S2/c1-40(66-3)58(75)35-46(62(79)73-29-9-13-56(73)47-31-49(38-68-36-47)59(76)42-15-21-51(64)22-16-42)11-5-7-27-70-85(81,82)53-25-19-45-34-54(26-20-44(45)33-53)86(83,84)71-28-8-6-12-55(72-61(78)41(2)67-4)63(80)74-30-10-14-57(74)48-32-50(39-69-37-48)60(77)43-17-23-52(65)24-18-43/h15-26,31-34,36-41,46,55-57,66-67,70-71H,5-14,27-30,35H2,1-4H3,(H,72,78)/t40-,41-,46+,55-,56-,57-/m0/s1. The van der Waals surface area contributed by atoms with Gasteiger partial charge in [0.25, 0.3) is 0 Å². The zero-order valence-corrected chi connectivity index (χ0v) is 50.2. The van der Waals surface area contributed by atoms with Gasteiger partial charge >= 0.3 is 0 Å². The summed E-state index contributed by atoms with van der Waals surface area (Å²) in [4.78, 5) is 93.6. The molecule has 86 heavy (non-hydrogen) atoms. The van der Waals surface area contributed by atoms with Gasteiger partial charge in [-0.05, 0) is 193 Å². The summed E-state index contributed by atoms with van der Waals surface area (Å²) in [6.07, 6.45) is 10.6. The Hall–Kier alpha value is -7.54. The maximum atomic E-state index is 14.4. The van der Waals surface area contributed by atoms with Crippen LogP contribution in [-0.2, 0) is 39.2 Å². The number of carbonyl (C=O) groups is 6. The molecule has 2 saturated heterocycles. The molecule has 4 aromatic carbocycles. The molecule has 23 heteroatoms. The second-order valence-corrected chi connectivity index (χ2v) is 25.5. The third kappa shape index (κ3) is 16.1. The Morgan fingerprint density at radius 3 is 1.48 bits per heavy atom. The molecule has 2 aromatic heterocycles. The van der Waals surface area contributed by atoms with E-state index < -0.39 is 61.8 Å². The summed E-state index contributed by atoms with van der Waals surface area (Å²) in [5.74, 6) is -3.38. The second-order valence-electron chi connectivity index (χ2n) is 22.0. The molecule has 2 fully saturated rings. The first kappa shape index (κ1) is 64.5. The summed E-state index contributed by atoms with van der Waals surface area (Å²) in [7, 11) is -4.79. The quantitative estimate of drug-likeness (QED) is 0.0229. The van der Waals surface area contributed by atoms with E-state index in [2.05, 4.69) is 35.4 Å². The second kappa shape index (κ2) is 29.2. The zero-order valence-electron chi connectivity index (χ0n) is 48.6. The zero-order chi connectivity index (χ0) is 61.7. The monoisotopic (exact) mass is 1220 g/mol. The van der Waals surface area contributed by atoms with Crippen LogP contribution in [0.5, 0.6) is 0 Å². The van der Waals surface area contributed by atoms with Crippen molar-refractivity contribution in [3.63, 3.8) is 0 Å². The molecule has 6 aromatic rings. The summed E-state index contributed by atoms with van der Waals surface area (Å²) >= 11 is 0. The van der Waals surface area contributed by atoms with Crippen molar-refractivity contribution < 1.29 is 54.4 Å². The Labute approximate surface area is 500 Å². The Morgan fingerprint density at radius 2 is 1.01 bits per heavy atom. The van der Waals surface area contributed by atoms with Crippen molar-refractivity contribution in [2.24, 2.45) is 5.92 Å². The van der Waals surface area contributed by atoms with Gasteiger partial charge in [-0.3, -0.25) is 38.7 Å². The first-order valence-corrected chi connectivity index (χ1v) is 32.0. The van der Waals surface area contributed by atoms with Crippen molar-refractivity contribution in [1.82, 2.24) is 45.2 Å². The predicted molar refractivity (Wildman–Crippen MR) is 320 cm³/mol. The Kier molecular flexibility index (Phi) is 21.9. The molecule has 8 rings (SSSR count). The molecule has 0 aliphatic carbocycles. The number of amides is 3. The number of nitrogens with zero attached hydrogens (tertiary/aromatic N) is 4. The fraction of sp³-hybridized carbons (Fsp3) is 0.397. The van der Waals surface area contributed by atoms with Gasteiger partial charge in [-0.1, -0.05) is 18.6 Å². The van der Waals surface area contributed by atoms with Crippen LogP contribution in [0.25, 0.3) is 10.8 Å². The van der Waals surface area contributed by atoms with Crippen LogP contribution >= 0.6 is 0 Å². The molecule has 0 bridgehead atoms. The van der Waals surface area contributed by atoms with Crippen LogP contribution in [0.1, 0.15) is 140 Å². The van der Waals surface area contributed by atoms with Gasteiger partial charge < -0.3 is 25.8 Å². The van der Waals surface area contributed by atoms with Gasteiger partial charge in [-0.25, -0.2) is 35.1 Å². The van der Waals surface area contributed by atoms with Gasteiger partial charge in [0.15, 0.2) is 11.6 Å². The van der Waals surface area contributed by atoms with Crippen molar-refractivity contribution >= 4 is 65.9 Å². The van der Waals surface area contributed by atoms with Crippen LogP contribution < -0.4 is 25.4 Å². The van der Waals surface area contributed by atoms with Crippen molar-refractivity contribution in [2.75, 3.05) is 40.3 Å². The average Bonchev–Trinajstić information content (AvgIpc) is 2.11. The van der Waals surface area contributed by atoms with Crippen LogP contribution in [0.2, 0.25) is 0 Å². The highest BCUT2D eigenvalue weighted by atomic mass is 32.2. The molecule has 0 radical (unpaired) electrons. The lowest BCUT2D eigenvalue weighted by atomic mass is 9.91. The van der Waals surface area contributed by atoms with Gasteiger partial charge in [0, 0.05) is 85.6 Å². The number of benzene rings is 4. The fourth-order valence-electron chi connectivity index (χ4n) is 10.9. The lowest BCUT2D eigenvalue weighted by molar-refractivity contribution is -0.139. The highest BCUT2D eigenvalue weighted by Crippen LogP contribution is 2.36. The molecule has 4 heterocycles. The number of hydrogen-bond acceptors (Lipinski definition) is 14. The number of likely N-dealkylation sites (tertiary alicyclic amines) is 2. The molecule has 5 N–H and O–H groups in total. The number of carbonyl (C=O) groups excluding carboxylic acids is 6. The summed E-state index contributed by atoms with van der Waals surface area (Å²) < 4.78 is 86.8. The fourth-order valence-corrected chi connectivity index (χ4v) is 13.2. The maximum Gasteiger partial charge on any atom is 0.245 e. The van der Waals surface area contributed by atoms with E-state index in [1.54, 1.807) is 62.3 Å². The number of pyridine rings is 2. The first-order chi connectivity index (χ1) is 41.2. The molecule has 456 valence electrons. The average molecular weight is 1220 g/mol. The highest BCUT2D eigenvalue weighted by Gasteiger charge is 2.37. The summed E-state index contributed by atoms with van der Waals surface area (Å²) in [6.45, 7) is 4.28. The number of hydrogen-bond donors (Lipinski definition) is 5. The van der Waals surface area contributed by atoms with Crippen LogP contribution in [0.15, 0.2) is 132 Å². The Balaban J connectivity index is 0.836. The van der Waals surface area contributed by atoms with E-state index in [1.165, 1.54) is 97.3 Å². The SMILES string of the molecule is CN[C@@H](C)C(=O)C[C@@H](CCCCNS(=O)(=O)c1ccc2cc(S(=O)(=O)NCCCC[C@H](NC(=O)[C@H](C)NC)C(=O)N3CCC[C@H]3c3cncc(C(=O)c4ccc(F)cc4)c3)ccc2c1)C(=O)N1CCC[C@H]1c1cncc(C(=O)c2ccc(F)cc2)c1. The maximum absolute atomic E-state index is 14.4. The molecule has 2 aliphatic heterocycles. The number of ketones is 3. The molecule has 0 spiro atoms. The van der Waals surface area contributed by atoms with Crippen LogP contribution in [0, 0.1) is 17.6 Å². The normalized spacial score (nSPS) is 16.8. The number of likely N-dealkylation sites (N-methyl/N-ethyl adjacent to an activating group) is 2. The topological polar surface area (TPSA) is 263 Å². The van der Waals surface area contributed by atoms with Gasteiger partial charge in [-0.15, -0.1) is 0 Å². The number of sulfonamides is 2. The van der Waals surface area contributed by atoms with E-state index in [0.717, 1.165) is 0 Å². The molecule has 0 saturated carbocycles. The van der Waals surface area contributed by atoms with Crippen molar-refractivity contribution in [3.05, 3.63) is 167 Å². The Morgan fingerprint density at radius 1 is 0.558 bits per heavy atom. The summed E-state index contributed by atoms with van der Waals surface area (Å²) in [6, 6.07) is 19.6. The Bertz CT molecular complexity index is 3430. The minimum Gasteiger partial charge on any atom is -0.343 e. The van der Waals surface area contributed by atoms with E-state index in [-0.39, 0.29) is 88.0 Å². The van der Waals surface area contributed by atoms with E-state index >= 15 is 0 Å². The lowest BCUT2D eigenvalue weighted by Crippen LogP contribution is -2.52. The van der Waals surface area contributed by atoms with Gasteiger partial charge in [0.2, 0.25) is 37.8 Å². The highest BCUT2D eigenvalue weighted by molar-refractivity contribution is 7.89. The van der Waals surface area contributed by atoms with E-state index in [4.69, 9.17) is 0 Å². The largest absolute Gasteiger partial charge is 0.343 e. The molecule has 19 nitrogen and oxygen atoms in total. The van der Waals surface area contributed by atoms with Gasteiger partial charge in [0.05, 0.1) is 34.0 Å². The lowest BCUT2D eigenvalue weighted by Gasteiger charge is -2.30. The van der Waals surface area contributed by atoms with E-state index in [1.807, 2.05) is 0 Å². The number of Topliss-reactive ketones (excluding diaryl/α,β-unsaturated/α-hetero) is 1. The minimum atomic E-state index is -4.05. The molecule has 3 amide bonds. The third-order valence-corrected chi connectivity index (χ3v) is 19.1. The number of unbranched alkanes of at least 4 members (excludes halogenated alkanes) is 2. The van der Waals surface area contributed by atoms with Crippen LogP contribution in [0.3, 0.4) is 0 Å². The van der Waals surface area contributed by atoms with E-state index in [9.17, 15) is 54.4 Å². The van der Waals surface area contributed by atoms with Crippen LogP contribution in [0.4, 0.5) is 8.78 Å². The van der Waals surface area contributed by atoms with Crippen LogP contribution in [-0.4, -0.2) is 130 Å². The molecule has 2 aliphatic rings. The van der Waals surface area contributed by atoms with Crippen molar-refractivity contribution in [3.8, 4) is 0 Å². The van der Waals surface area contributed by atoms with Crippen molar-refractivity contribution in [2.45, 2.75) is 124 Å². The van der Waals surface area contributed by atoms with E-state index in [0.29, 0.717) is 104 Å². The number of fused-ring (bicyclic) bond motifs is 1. The number of rotatable bonds is 29. The number of halogens is 2. The van der Waals surface area contributed by atoms with Gasteiger partial charge in [0.1, 0.15) is 23.5 Å². The molecular formula is C63H73F2N9O10S2. The molecule has 0 unspecified atom stereocenters. The van der Waals surface area contributed by atoms with Crippen molar-refractivity contribution in [1.29, 1.82) is 0 Å².